The number of rotatable bonds is 6. The van der Waals surface area contributed by atoms with Gasteiger partial charge in [-0.1, -0.05) is 25.1 Å². The summed E-state index contributed by atoms with van der Waals surface area (Å²) in [5.74, 6) is 0.653. The molecule has 0 aliphatic carbocycles. The topological polar surface area (TPSA) is 64.9 Å². The van der Waals surface area contributed by atoms with Gasteiger partial charge in [-0.05, 0) is 67.8 Å². The van der Waals surface area contributed by atoms with Crippen LogP contribution in [-0.4, -0.2) is 32.6 Å². The van der Waals surface area contributed by atoms with E-state index in [9.17, 15) is 13.2 Å². The third kappa shape index (κ3) is 4.97. The number of aromatic nitrogens is 4. The molecule has 1 N–H and O–H groups in total. The van der Waals surface area contributed by atoms with Gasteiger partial charge >= 0.3 is 12.2 Å². The fourth-order valence-corrected chi connectivity index (χ4v) is 4.51. The molecule has 3 heterocycles. The minimum absolute atomic E-state index is 0.152. The molecule has 2 aromatic carbocycles. The van der Waals surface area contributed by atoms with Crippen LogP contribution in [0.4, 0.5) is 13.2 Å². The predicted octanol–water partition coefficient (Wildman–Crippen LogP) is 6.22. The highest BCUT2D eigenvalue weighted by Gasteiger charge is 2.30. The zero-order chi connectivity index (χ0) is 25.3. The first kappa shape index (κ1) is 24.0. The zero-order valence-electron chi connectivity index (χ0n) is 20.0. The lowest BCUT2D eigenvalue weighted by Gasteiger charge is -2.16. The molecule has 9 heteroatoms. The van der Waals surface area contributed by atoms with Crippen molar-refractivity contribution in [3.05, 3.63) is 77.7 Å². The van der Waals surface area contributed by atoms with E-state index in [2.05, 4.69) is 33.3 Å². The number of halogens is 3. The number of nitrogens with one attached hydrogen (secondary N) is 1. The van der Waals surface area contributed by atoms with E-state index in [-0.39, 0.29) is 12.1 Å². The SMILES string of the molecule is CCc1cc(C)cc(Oc2nccc(-c3c(-c4ccc(C(F)(F)F)cc4)ncn3[C@H]3CCNC3)n2)c1. The van der Waals surface area contributed by atoms with Gasteiger partial charge in [0.15, 0.2) is 0 Å². The molecule has 0 saturated carbocycles. The minimum atomic E-state index is -4.40. The number of hydrogen-bond acceptors (Lipinski definition) is 5. The quantitative estimate of drug-likeness (QED) is 0.345. The molecular formula is C27H26F3N5O. The van der Waals surface area contributed by atoms with Crippen LogP contribution >= 0.6 is 0 Å². The standard InChI is InChI=1S/C27H26F3N5O/c1-3-18-12-17(2)13-22(14-18)36-26-32-11-9-23(34-26)25-24(33-16-35(25)21-8-10-31-15-21)19-4-6-20(7-5-19)27(28,29)30/h4-7,9,11-14,16,21,31H,3,8,10,15H2,1-2H3/t21-/m0/s1. The lowest BCUT2D eigenvalue weighted by molar-refractivity contribution is -0.137. The molecule has 4 aromatic rings. The highest BCUT2D eigenvalue weighted by Crippen LogP contribution is 2.36. The number of nitrogens with zero attached hydrogens (tertiary/aromatic N) is 4. The number of aryl methyl sites for hydroxylation is 2. The summed E-state index contributed by atoms with van der Waals surface area (Å²) in [4.78, 5) is 13.6. The summed E-state index contributed by atoms with van der Waals surface area (Å²) >= 11 is 0. The first-order valence-electron chi connectivity index (χ1n) is 11.9. The number of imidazole rings is 1. The summed E-state index contributed by atoms with van der Waals surface area (Å²) in [6, 6.07) is 13.2. The summed E-state index contributed by atoms with van der Waals surface area (Å²) in [6.07, 6.45) is 0.742. The van der Waals surface area contributed by atoms with Crippen molar-refractivity contribution in [2.75, 3.05) is 13.1 Å². The maximum atomic E-state index is 13.1. The summed E-state index contributed by atoms with van der Waals surface area (Å²) in [5.41, 5.74) is 3.97. The Kier molecular flexibility index (Phi) is 6.49. The average Bonchev–Trinajstić information content (AvgIpc) is 3.53. The van der Waals surface area contributed by atoms with Gasteiger partial charge in [0, 0.05) is 24.3 Å². The molecule has 6 nitrogen and oxygen atoms in total. The van der Waals surface area contributed by atoms with Crippen LogP contribution in [0.5, 0.6) is 11.8 Å². The van der Waals surface area contributed by atoms with E-state index < -0.39 is 11.7 Å². The van der Waals surface area contributed by atoms with Crippen LogP contribution in [0.1, 0.15) is 36.1 Å². The van der Waals surface area contributed by atoms with Crippen molar-refractivity contribution in [2.24, 2.45) is 0 Å². The van der Waals surface area contributed by atoms with Crippen LogP contribution in [0.3, 0.4) is 0 Å². The number of hydrogen-bond donors (Lipinski definition) is 1. The van der Waals surface area contributed by atoms with Gasteiger partial charge in [-0.3, -0.25) is 0 Å². The van der Waals surface area contributed by atoms with Gasteiger partial charge in [-0.2, -0.15) is 18.2 Å². The Hall–Kier alpha value is -3.72. The van der Waals surface area contributed by atoms with Crippen molar-refractivity contribution in [3.8, 4) is 34.4 Å². The fourth-order valence-electron chi connectivity index (χ4n) is 4.51. The Labute approximate surface area is 207 Å². The molecule has 186 valence electrons. The molecule has 0 amide bonds. The van der Waals surface area contributed by atoms with Gasteiger partial charge in [0.2, 0.25) is 0 Å². The number of alkyl halides is 3. The van der Waals surface area contributed by atoms with Gasteiger partial charge in [0.1, 0.15) is 5.75 Å². The molecular weight excluding hydrogens is 467 g/mol. The first-order valence-corrected chi connectivity index (χ1v) is 11.9. The van der Waals surface area contributed by atoms with Gasteiger partial charge in [-0.15, -0.1) is 0 Å². The lowest BCUT2D eigenvalue weighted by Crippen LogP contribution is -2.14. The molecule has 1 fully saturated rings. The third-order valence-electron chi connectivity index (χ3n) is 6.31. The highest BCUT2D eigenvalue weighted by atomic mass is 19.4. The van der Waals surface area contributed by atoms with Gasteiger partial charge < -0.3 is 14.6 Å². The minimum Gasteiger partial charge on any atom is -0.424 e. The van der Waals surface area contributed by atoms with Crippen molar-refractivity contribution < 1.29 is 17.9 Å². The summed E-state index contributed by atoms with van der Waals surface area (Å²) in [7, 11) is 0. The molecule has 5 rings (SSSR count). The van der Waals surface area contributed by atoms with Crippen LogP contribution in [0, 0.1) is 6.92 Å². The second-order valence-electron chi connectivity index (χ2n) is 8.91. The maximum Gasteiger partial charge on any atom is 0.416 e. The monoisotopic (exact) mass is 493 g/mol. The lowest BCUT2D eigenvalue weighted by atomic mass is 10.1. The van der Waals surface area contributed by atoms with E-state index in [4.69, 9.17) is 4.74 Å². The van der Waals surface area contributed by atoms with Crippen molar-refractivity contribution in [2.45, 2.75) is 38.9 Å². The van der Waals surface area contributed by atoms with Crippen LogP contribution in [0.25, 0.3) is 22.6 Å². The van der Waals surface area contributed by atoms with Gasteiger partial charge in [0.05, 0.1) is 29.0 Å². The highest BCUT2D eigenvalue weighted by molar-refractivity contribution is 5.77. The molecule has 0 radical (unpaired) electrons. The van der Waals surface area contributed by atoms with Crippen LogP contribution in [0.15, 0.2) is 61.1 Å². The predicted molar refractivity (Wildman–Crippen MR) is 131 cm³/mol. The van der Waals surface area contributed by atoms with E-state index in [1.54, 1.807) is 18.6 Å². The molecule has 36 heavy (non-hydrogen) atoms. The second kappa shape index (κ2) is 9.73. The summed E-state index contributed by atoms with van der Waals surface area (Å²) in [6.45, 7) is 5.74. The maximum absolute atomic E-state index is 13.1. The molecule has 0 spiro atoms. The van der Waals surface area contributed by atoms with Crippen LogP contribution in [0.2, 0.25) is 0 Å². The molecule has 1 aliphatic heterocycles. The summed E-state index contributed by atoms with van der Waals surface area (Å²) in [5, 5.41) is 3.35. The fraction of sp³-hybridized carbons (Fsp3) is 0.296. The van der Waals surface area contributed by atoms with E-state index in [0.29, 0.717) is 28.4 Å². The normalized spacial score (nSPS) is 15.9. The zero-order valence-corrected chi connectivity index (χ0v) is 20.0. The van der Waals surface area contributed by atoms with E-state index in [1.165, 1.54) is 12.1 Å². The Balaban J connectivity index is 1.55. The number of benzene rings is 2. The van der Waals surface area contributed by atoms with E-state index in [0.717, 1.165) is 49.2 Å². The Morgan fingerprint density at radius 2 is 1.89 bits per heavy atom. The first-order chi connectivity index (χ1) is 17.3. The van der Waals surface area contributed by atoms with Crippen molar-refractivity contribution >= 4 is 0 Å². The van der Waals surface area contributed by atoms with Crippen LogP contribution in [-0.2, 0) is 12.6 Å². The average molecular weight is 494 g/mol. The third-order valence-corrected chi connectivity index (χ3v) is 6.31. The van der Waals surface area contributed by atoms with E-state index in [1.807, 2.05) is 23.6 Å². The molecule has 1 saturated heterocycles. The van der Waals surface area contributed by atoms with Crippen molar-refractivity contribution in [3.63, 3.8) is 0 Å². The molecule has 0 bridgehead atoms. The molecule has 1 aliphatic rings. The molecule has 0 unspecified atom stereocenters. The molecule has 2 aromatic heterocycles. The largest absolute Gasteiger partial charge is 0.424 e. The Morgan fingerprint density at radius 3 is 2.58 bits per heavy atom. The second-order valence-corrected chi connectivity index (χ2v) is 8.91. The Morgan fingerprint density at radius 1 is 1.08 bits per heavy atom. The Bertz CT molecular complexity index is 1360. The smallest absolute Gasteiger partial charge is 0.416 e. The van der Waals surface area contributed by atoms with Gasteiger partial charge in [-0.25, -0.2) is 9.97 Å². The number of ether oxygens (including phenoxy) is 1. The van der Waals surface area contributed by atoms with Crippen molar-refractivity contribution in [1.82, 2.24) is 24.8 Å². The van der Waals surface area contributed by atoms with E-state index >= 15 is 0 Å². The van der Waals surface area contributed by atoms with Crippen LogP contribution < -0.4 is 10.1 Å². The molecule has 1 atom stereocenters. The van der Waals surface area contributed by atoms with Crippen molar-refractivity contribution in [1.29, 1.82) is 0 Å². The summed E-state index contributed by atoms with van der Waals surface area (Å²) < 4.78 is 47.4. The van der Waals surface area contributed by atoms with Gasteiger partial charge in [0.25, 0.3) is 0 Å².